The monoisotopic (exact) mass is 477 g/mol. The van der Waals surface area contributed by atoms with Crippen molar-refractivity contribution in [1.29, 1.82) is 0 Å². The lowest BCUT2D eigenvalue weighted by atomic mass is 9.41. The molecule has 0 radical (unpaired) electrons. The predicted octanol–water partition coefficient (Wildman–Crippen LogP) is 4.23. The van der Waals surface area contributed by atoms with Crippen molar-refractivity contribution in [2.75, 3.05) is 6.54 Å². The fraction of sp³-hybridized carbons (Fsp3) is 0.929. The van der Waals surface area contributed by atoms with Crippen LogP contribution in [0.15, 0.2) is 0 Å². The number of carboxylic acids is 1. The van der Waals surface area contributed by atoms with Crippen LogP contribution in [0.4, 0.5) is 0 Å². The Labute approximate surface area is 205 Å². The van der Waals surface area contributed by atoms with E-state index in [9.17, 15) is 19.8 Å². The largest absolute Gasteiger partial charge is 0.480 e. The molecular weight excluding hydrogens is 430 g/mol. The molecule has 194 valence electrons. The summed E-state index contributed by atoms with van der Waals surface area (Å²) in [5.41, 5.74) is 0.409. The first-order chi connectivity index (χ1) is 16.0. The first-order valence-corrected chi connectivity index (χ1v) is 13.9. The average Bonchev–Trinajstić information content (AvgIpc) is 3.14. The third-order valence-corrected chi connectivity index (χ3v) is 11.4. The Hall–Kier alpha value is -1.14. The van der Waals surface area contributed by atoms with E-state index >= 15 is 0 Å². The van der Waals surface area contributed by atoms with E-state index in [1.165, 1.54) is 6.42 Å². The number of rotatable bonds is 7. The van der Waals surface area contributed by atoms with Gasteiger partial charge in [-0.1, -0.05) is 34.1 Å². The molecule has 0 aromatic heterocycles. The van der Waals surface area contributed by atoms with Crippen molar-refractivity contribution in [3.05, 3.63) is 0 Å². The van der Waals surface area contributed by atoms with Crippen LogP contribution >= 0.6 is 0 Å². The van der Waals surface area contributed by atoms with Crippen LogP contribution in [-0.2, 0) is 9.59 Å². The zero-order chi connectivity index (χ0) is 24.8. The smallest absolute Gasteiger partial charge is 0.322 e. The summed E-state index contributed by atoms with van der Waals surface area (Å²) in [5, 5.41) is 33.5. The highest BCUT2D eigenvalue weighted by atomic mass is 16.4. The minimum Gasteiger partial charge on any atom is -0.480 e. The number of hydrogen-bond acceptors (Lipinski definition) is 4. The summed E-state index contributed by atoms with van der Waals surface area (Å²) < 4.78 is 0. The molecule has 4 rings (SSSR count). The lowest BCUT2D eigenvalue weighted by Gasteiger charge is -2.64. The second-order valence-electron chi connectivity index (χ2n) is 12.8. The summed E-state index contributed by atoms with van der Waals surface area (Å²) in [5.74, 6) is 1.85. The third-order valence-electron chi connectivity index (χ3n) is 11.4. The van der Waals surface area contributed by atoms with Crippen molar-refractivity contribution in [3.8, 4) is 0 Å². The van der Waals surface area contributed by atoms with Crippen molar-refractivity contribution >= 4 is 11.9 Å². The van der Waals surface area contributed by atoms with Gasteiger partial charge in [0.2, 0.25) is 5.91 Å². The Morgan fingerprint density at radius 2 is 1.68 bits per heavy atom. The van der Waals surface area contributed by atoms with E-state index in [1.54, 1.807) is 0 Å². The van der Waals surface area contributed by atoms with E-state index in [2.05, 4.69) is 33.0 Å². The van der Waals surface area contributed by atoms with Gasteiger partial charge in [0.05, 0.1) is 12.2 Å². The molecule has 4 aliphatic carbocycles. The van der Waals surface area contributed by atoms with Crippen LogP contribution in [0.5, 0.6) is 0 Å². The van der Waals surface area contributed by atoms with Gasteiger partial charge in [0.1, 0.15) is 6.54 Å². The summed E-state index contributed by atoms with van der Waals surface area (Å²) in [4.78, 5) is 22.8. The second-order valence-corrected chi connectivity index (χ2v) is 12.8. The average molecular weight is 478 g/mol. The number of fused-ring (bicyclic) bond motifs is 5. The van der Waals surface area contributed by atoms with E-state index in [1.807, 2.05) is 0 Å². The summed E-state index contributed by atoms with van der Waals surface area (Å²) in [6, 6.07) is 0. The molecule has 0 aliphatic heterocycles. The van der Waals surface area contributed by atoms with Gasteiger partial charge in [-0.2, -0.15) is 0 Å². The van der Waals surface area contributed by atoms with E-state index in [4.69, 9.17) is 5.11 Å². The number of aliphatic hydroxyl groups is 2. The molecule has 0 aromatic rings. The molecule has 1 amide bonds. The maximum absolute atomic E-state index is 12.1. The van der Waals surface area contributed by atoms with Crippen molar-refractivity contribution in [1.82, 2.24) is 5.32 Å². The van der Waals surface area contributed by atoms with Gasteiger partial charge in [-0.05, 0) is 104 Å². The van der Waals surface area contributed by atoms with Gasteiger partial charge in [-0.15, -0.1) is 0 Å². The van der Waals surface area contributed by atoms with Crippen LogP contribution < -0.4 is 5.32 Å². The molecule has 6 nitrogen and oxygen atoms in total. The van der Waals surface area contributed by atoms with Crippen LogP contribution in [0.2, 0.25) is 0 Å². The molecule has 4 N–H and O–H groups in total. The lowest BCUT2D eigenvalue weighted by Crippen LogP contribution is -2.62. The molecule has 4 aliphatic rings. The van der Waals surface area contributed by atoms with Gasteiger partial charge in [0, 0.05) is 6.42 Å². The molecule has 0 bridgehead atoms. The summed E-state index contributed by atoms with van der Waals surface area (Å²) in [6.45, 7) is 9.10. The number of nitrogens with one attached hydrogen (secondary N) is 1. The number of aliphatic hydroxyl groups excluding tert-OH is 2. The quantitative estimate of drug-likeness (QED) is 0.439. The van der Waals surface area contributed by atoms with Crippen LogP contribution in [0.1, 0.15) is 91.9 Å². The van der Waals surface area contributed by atoms with Gasteiger partial charge in [0.15, 0.2) is 0 Å². The molecule has 34 heavy (non-hydrogen) atoms. The maximum atomic E-state index is 12.1. The topological polar surface area (TPSA) is 107 Å². The number of hydrogen-bond donors (Lipinski definition) is 4. The minimum atomic E-state index is -1.01. The fourth-order valence-electron chi connectivity index (χ4n) is 9.76. The van der Waals surface area contributed by atoms with Crippen molar-refractivity contribution in [2.24, 2.45) is 52.3 Å². The second kappa shape index (κ2) is 9.72. The van der Waals surface area contributed by atoms with Crippen LogP contribution in [0.3, 0.4) is 0 Å². The fourth-order valence-corrected chi connectivity index (χ4v) is 9.76. The number of aliphatic carboxylic acids is 1. The van der Waals surface area contributed by atoms with Crippen molar-refractivity contribution in [3.63, 3.8) is 0 Å². The van der Waals surface area contributed by atoms with Gasteiger partial charge in [0.25, 0.3) is 0 Å². The maximum Gasteiger partial charge on any atom is 0.322 e. The Balaban J connectivity index is 1.49. The highest BCUT2D eigenvalue weighted by Gasteiger charge is 2.64. The number of carbonyl (C=O) groups excluding carboxylic acids is 1. The van der Waals surface area contributed by atoms with E-state index < -0.39 is 5.97 Å². The van der Waals surface area contributed by atoms with Crippen LogP contribution in [-0.4, -0.2) is 45.9 Å². The molecule has 4 unspecified atom stereocenters. The third kappa shape index (κ3) is 4.31. The molecule has 4 fully saturated rings. The molecule has 0 saturated heterocycles. The molecule has 0 aromatic carbocycles. The lowest BCUT2D eigenvalue weighted by molar-refractivity contribution is -0.203. The first-order valence-electron chi connectivity index (χ1n) is 13.9. The summed E-state index contributed by atoms with van der Waals surface area (Å²) in [7, 11) is 0. The number of amides is 1. The molecular formula is C28H47NO5. The minimum absolute atomic E-state index is 0.176. The summed E-state index contributed by atoms with van der Waals surface area (Å²) in [6.07, 6.45) is 9.14. The molecule has 0 heterocycles. The highest BCUT2D eigenvalue weighted by Crippen LogP contribution is 2.69. The van der Waals surface area contributed by atoms with Crippen LogP contribution in [0.25, 0.3) is 0 Å². The van der Waals surface area contributed by atoms with E-state index in [0.29, 0.717) is 41.9 Å². The number of carbonyl (C=O) groups is 2. The Kier molecular flexibility index (Phi) is 7.42. The van der Waals surface area contributed by atoms with E-state index in [0.717, 1.165) is 51.4 Å². The molecule has 6 heteroatoms. The number of carboxylic acid groups (broad SMARTS) is 1. The van der Waals surface area contributed by atoms with Gasteiger partial charge in [-0.25, -0.2) is 0 Å². The first kappa shape index (κ1) is 25.9. The van der Waals surface area contributed by atoms with E-state index in [-0.39, 0.29) is 41.4 Å². The molecule has 11 atom stereocenters. The summed E-state index contributed by atoms with van der Waals surface area (Å²) >= 11 is 0. The van der Waals surface area contributed by atoms with Gasteiger partial charge in [-0.3, -0.25) is 9.59 Å². The van der Waals surface area contributed by atoms with Crippen molar-refractivity contribution in [2.45, 2.75) is 104 Å². The van der Waals surface area contributed by atoms with Gasteiger partial charge < -0.3 is 20.6 Å². The Bertz CT molecular complexity index is 772. The molecule has 4 saturated carbocycles. The normalized spacial score (nSPS) is 46.6. The van der Waals surface area contributed by atoms with Crippen LogP contribution in [0, 0.1) is 52.3 Å². The molecule has 0 spiro atoms. The zero-order valence-corrected chi connectivity index (χ0v) is 21.6. The Morgan fingerprint density at radius 3 is 2.35 bits per heavy atom. The highest BCUT2D eigenvalue weighted by molar-refractivity contribution is 5.81. The van der Waals surface area contributed by atoms with Crippen molar-refractivity contribution < 1.29 is 24.9 Å². The van der Waals surface area contributed by atoms with Gasteiger partial charge >= 0.3 is 5.97 Å². The predicted molar refractivity (Wildman–Crippen MR) is 131 cm³/mol. The standard InChI is InChI=1S/C28H47NO5/c1-5-18-22-14-17(30)10-12-28(22,4)21-11-13-27(3)19(7-8-20(27)25(21)26(18)34)16(2)6-9-23(31)29-15-24(32)33/h16-22,25-26,30,34H,5-15H2,1-4H3,(H,29,31)(H,32,33)/t16-,17-,18-,19?,20+,21+,22?,25+,26-,27?,28?/m1/s1. The Morgan fingerprint density at radius 1 is 1.00 bits per heavy atom. The zero-order valence-electron chi connectivity index (χ0n) is 21.6. The SMILES string of the molecule is CC[C@@H]1C2C[C@H](O)CCC2(C)[C@H]2CCC3(C)C([C@H](C)CCC(=O)NCC(=O)O)CC[C@H]3[C@@H]2[C@@H]1O.